The molecule has 0 aliphatic carbocycles. The highest BCUT2D eigenvalue weighted by Gasteiger charge is 2.05. The van der Waals surface area contributed by atoms with Crippen LogP contribution < -0.4 is 5.32 Å². The van der Waals surface area contributed by atoms with Gasteiger partial charge in [0, 0.05) is 23.1 Å². The van der Waals surface area contributed by atoms with E-state index in [1.54, 1.807) is 0 Å². The fraction of sp³-hybridized carbons (Fsp3) is 0.100. The number of benzene rings is 2. The van der Waals surface area contributed by atoms with E-state index in [1.807, 2.05) is 48.1 Å². The molecule has 0 aliphatic heterocycles. The van der Waals surface area contributed by atoms with Crippen LogP contribution >= 0.6 is 0 Å². The maximum Gasteiger partial charge on any atom is 0.0924 e. The first-order valence-electron chi connectivity index (χ1n) is 8.24. The largest absolute Gasteiger partial charge is 0.379 e. The predicted molar refractivity (Wildman–Crippen MR) is 99.7 cm³/mol. The molecule has 0 fully saturated rings. The van der Waals surface area contributed by atoms with Gasteiger partial charge in [-0.15, -0.1) is 0 Å². The van der Waals surface area contributed by atoms with E-state index in [2.05, 4.69) is 57.0 Å². The van der Waals surface area contributed by atoms with Crippen LogP contribution in [0.4, 0.5) is 5.69 Å². The number of hydrogen-bond donors (Lipinski definition) is 2. The van der Waals surface area contributed by atoms with Crippen molar-refractivity contribution in [1.29, 1.82) is 0 Å². The van der Waals surface area contributed by atoms with E-state index in [0.717, 1.165) is 34.0 Å². The molecule has 2 N–H and O–H groups in total. The first kappa shape index (κ1) is 15.2. The molecule has 0 bridgehead atoms. The van der Waals surface area contributed by atoms with Gasteiger partial charge >= 0.3 is 0 Å². The third-order valence-electron chi connectivity index (χ3n) is 4.11. The van der Waals surface area contributed by atoms with E-state index in [4.69, 9.17) is 0 Å². The second kappa shape index (κ2) is 6.65. The number of H-pyrrole nitrogens is 1. The van der Waals surface area contributed by atoms with Crippen LogP contribution in [0.15, 0.2) is 72.9 Å². The van der Waals surface area contributed by atoms with E-state index in [0.29, 0.717) is 6.54 Å². The quantitative estimate of drug-likeness (QED) is 0.577. The monoisotopic (exact) mass is 329 g/mol. The molecule has 0 atom stereocenters. The lowest BCUT2D eigenvalue weighted by Gasteiger charge is -2.09. The summed E-state index contributed by atoms with van der Waals surface area (Å²) in [6.07, 6.45) is 1.81. The van der Waals surface area contributed by atoms with Crippen LogP contribution in [0, 0.1) is 6.92 Å². The molecule has 0 aliphatic rings. The highest BCUT2D eigenvalue weighted by molar-refractivity contribution is 5.59. The summed E-state index contributed by atoms with van der Waals surface area (Å²) in [5, 5.41) is 15.3. The van der Waals surface area contributed by atoms with Crippen molar-refractivity contribution < 1.29 is 0 Å². The molecule has 5 nitrogen and oxygen atoms in total. The van der Waals surface area contributed by atoms with E-state index in [9.17, 15) is 0 Å². The Morgan fingerprint density at radius 3 is 2.68 bits per heavy atom. The molecular weight excluding hydrogens is 310 g/mol. The third kappa shape index (κ3) is 3.30. The Bertz CT molecular complexity index is 968. The predicted octanol–water partition coefficient (Wildman–Crippen LogP) is 4.18. The molecule has 0 amide bonds. The Kier molecular flexibility index (Phi) is 4.04. The smallest absolute Gasteiger partial charge is 0.0924 e. The average molecular weight is 329 g/mol. The van der Waals surface area contributed by atoms with Gasteiger partial charge in [-0.25, -0.2) is 4.68 Å². The first-order chi connectivity index (χ1) is 12.3. The summed E-state index contributed by atoms with van der Waals surface area (Å²) in [7, 11) is 0. The van der Waals surface area contributed by atoms with Crippen LogP contribution in [-0.4, -0.2) is 20.0 Å². The van der Waals surface area contributed by atoms with E-state index in [-0.39, 0.29) is 0 Å². The minimum absolute atomic E-state index is 0.682. The Morgan fingerprint density at radius 2 is 1.88 bits per heavy atom. The van der Waals surface area contributed by atoms with Crippen molar-refractivity contribution in [2.75, 3.05) is 5.32 Å². The molecule has 0 saturated carbocycles. The van der Waals surface area contributed by atoms with Crippen LogP contribution in [0.2, 0.25) is 0 Å². The number of nitrogens with one attached hydrogen (secondary N) is 2. The van der Waals surface area contributed by atoms with Gasteiger partial charge in [-0.05, 0) is 37.3 Å². The second-order valence-corrected chi connectivity index (χ2v) is 5.93. The molecule has 2 aromatic carbocycles. The molecule has 4 rings (SSSR count). The zero-order valence-electron chi connectivity index (χ0n) is 14.0. The number of anilines is 1. The van der Waals surface area contributed by atoms with Gasteiger partial charge < -0.3 is 5.32 Å². The van der Waals surface area contributed by atoms with Crippen LogP contribution in [0.5, 0.6) is 0 Å². The minimum atomic E-state index is 0.682. The number of hydrogen-bond acceptors (Lipinski definition) is 3. The van der Waals surface area contributed by atoms with Crippen LogP contribution in [0.25, 0.3) is 16.9 Å². The van der Waals surface area contributed by atoms with Gasteiger partial charge in [-0.2, -0.15) is 10.2 Å². The van der Waals surface area contributed by atoms with Gasteiger partial charge in [0.25, 0.3) is 0 Å². The molecule has 25 heavy (non-hydrogen) atoms. The van der Waals surface area contributed by atoms with Crippen LogP contribution in [-0.2, 0) is 6.54 Å². The van der Waals surface area contributed by atoms with Crippen molar-refractivity contribution in [3.63, 3.8) is 0 Å². The molecule has 0 unspecified atom stereocenters. The molecule has 2 aromatic heterocycles. The van der Waals surface area contributed by atoms with E-state index < -0.39 is 0 Å². The molecule has 4 aromatic rings. The van der Waals surface area contributed by atoms with Gasteiger partial charge in [-0.1, -0.05) is 36.4 Å². The van der Waals surface area contributed by atoms with Crippen molar-refractivity contribution in [1.82, 2.24) is 20.0 Å². The number of aromatic nitrogens is 4. The molecule has 0 spiro atoms. The Hall–Kier alpha value is -3.34. The highest BCUT2D eigenvalue weighted by Crippen LogP contribution is 2.19. The Morgan fingerprint density at radius 1 is 1.00 bits per heavy atom. The SMILES string of the molecule is Cc1ccnn1-c1cccc(NCc2cc(-c3ccccc3)n[nH]2)c1. The van der Waals surface area contributed by atoms with Crippen molar-refractivity contribution in [2.45, 2.75) is 13.5 Å². The lowest BCUT2D eigenvalue weighted by atomic mass is 10.1. The van der Waals surface area contributed by atoms with Crippen LogP contribution in [0.3, 0.4) is 0 Å². The summed E-state index contributed by atoms with van der Waals surface area (Å²) in [4.78, 5) is 0. The van der Waals surface area contributed by atoms with Crippen molar-refractivity contribution in [3.05, 3.63) is 84.3 Å². The van der Waals surface area contributed by atoms with Gasteiger partial charge in [0.2, 0.25) is 0 Å². The van der Waals surface area contributed by atoms with Gasteiger partial charge in [-0.3, -0.25) is 5.10 Å². The topological polar surface area (TPSA) is 58.5 Å². The Balaban J connectivity index is 1.47. The lowest BCUT2D eigenvalue weighted by Crippen LogP contribution is -2.02. The minimum Gasteiger partial charge on any atom is -0.379 e. The number of nitrogens with zero attached hydrogens (tertiary/aromatic N) is 3. The van der Waals surface area contributed by atoms with Crippen molar-refractivity contribution in [3.8, 4) is 16.9 Å². The lowest BCUT2D eigenvalue weighted by molar-refractivity contribution is 0.847. The fourth-order valence-corrected chi connectivity index (χ4v) is 2.79. The number of aryl methyl sites for hydroxylation is 1. The maximum atomic E-state index is 4.39. The van der Waals surface area contributed by atoms with E-state index in [1.165, 1.54) is 0 Å². The second-order valence-electron chi connectivity index (χ2n) is 5.93. The molecule has 5 heteroatoms. The number of rotatable bonds is 5. The summed E-state index contributed by atoms with van der Waals surface area (Å²) in [5.74, 6) is 0. The summed E-state index contributed by atoms with van der Waals surface area (Å²) < 4.78 is 1.93. The molecular formula is C20H19N5. The summed E-state index contributed by atoms with van der Waals surface area (Å²) in [6.45, 7) is 2.73. The molecule has 0 radical (unpaired) electrons. The fourth-order valence-electron chi connectivity index (χ4n) is 2.79. The average Bonchev–Trinajstić information content (AvgIpc) is 3.30. The van der Waals surface area contributed by atoms with Crippen LogP contribution in [0.1, 0.15) is 11.4 Å². The maximum absolute atomic E-state index is 4.39. The summed E-state index contributed by atoms with van der Waals surface area (Å²) in [6, 6.07) is 22.5. The van der Waals surface area contributed by atoms with Crippen molar-refractivity contribution >= 4 is 5.69 Å². The third-order valence-corrected chi connectivity index (χ3v) is 4.11. The molecule has 2 heterocycles. The molecule has 0 saturated heterocycles. The van der Waals surface area contributed by atoms with E-state index >= 15 is 0 Å². The molecule has 124 valence electrons. The van der Waals surface area contributed by atoms with Gasteiger partial charge in [0.1, 0.15) is 0 Å². The standard InChI is InChI=1S/C20H19N5/c1-15-10-11-22-25(15)19-9-5-8-17(12-19)21-14-18-13-20(24-23-18)16-6-3-2-4-7-16/h2-13,21H,14H2,1H3,(H,23,24). The summed E-state index contributed by atoms with van der Waals surface area (Å²) in [5.41, 5.74) is 6.31. The zero-order valence-corrected chi connectivity index (χ0v) is 14.0. The normalized spacial score (nSPS) is 10.8. The van der Waals surface area contributed by atoms with Crippen molar-refractivity contribution in [2.24, 2.45) is 0 Å². The van der Waals surface area contributed by atoms with Gasteiger partial charge in [0.15, 0.2) is 0 Å². The first-order valence-corrected chi connectivity index (χ1v) is 8.24. The van der Waals surface area contributed by atoms with Gasteiger partial charge in [0.05, 0.1) is 23.6 Å². The Labute approximate surface area is 146 Å². The zero-order chi connectivity index (χ0) is 17.1. The summed E-state index contributed by atoms with van der Waals surface area (Å²) >= 11 is 0. The highest BCUT2D eigenvalue weighted by atomic mass is 15.3. The number of aromatic amines is 1.